The Bertz CT molecular complexity index is 835. The monoisotopic (exact) mass is 419 g/mol. The molecule has 8 nitrogen and oxygen atoms in total. The van der Waals surface area contributed by atoms with Crippen molar-refractivity contribution in [1.29, 1.82) is 0 Å². The Hall–Kier alpha value is -2.55. The van der Waals surface area contributed by atoms with Crippen LogP contribution < -0.4 is 10.7 Å². The van der Waals surface area contributed by atoms with Crippen LogP contribution in [0, 0.1) is 13.8 Å². The van der Waals surface area contributed by atoms with Crippen molar-refractivity contribution in [2.75, 3.05) is 12.4 Å². The minimum atomic E-state index is -0.915. The van der Waals surface area contributed by atoms with Crippen molar-refractivity contribution in [3.63, 3.8) is 0 Å². The van der Waals surface area contributed by atoms with Gasteiger partial charge in [0.15, 0.2) is 6.61 Å². The van der Waals surface area contributed by atoms with Gasteiger partial charge in [0, 0.05) is 4.90 Å². The SMILES string of the molecule is Cc1ccc(SCC(=O)OCC(=O)NN2C(=O)NC3(CCCCC3)C2=O)c(C)c1. The molecule has 9 heteroatoms. The van der Waals surface area contributed by atoms with E-state index in [1.807, 2.05) is 32.0 Å². The van der Waals surface area contributed by atoms with E-state index in [4.69, 9.17) is 4.74 Å². The third-order valence-electron chi connectivity index (χ3n) is 5.15. The number of nitrogens with one attached hydrogen (secondary N) is 2. The van der Waals surface area contributed by atoms with Crippen molar-refractivity contribution in [1.82, 2.24) is 15.8 Å². The maximum Gasteiger partial charge on any atom is 0.344 e. The van der Waals surface area contributed by atoms with Gasteiger partial charge in [0.25, 0.3) is 11.8 Å². The van der Waals surface area contributed by atoms with Crippen molar-refractivity contribution in [3.8, 4) is 0 Å². The predicted molar refractivity (Wildman–Crippen MR) is 107 cm³/mol. The lowest BCUT2D eigenvalue weighted by molar-refractivity contribution is -0.148. The Balaban J connectivity index is 1.45. The summed E-state index contributed by atoms with van der Waals surface area (Å²) >= 11 is 1.33. The molecule has 2 N–H and O–H groups in total. The minimum absolute atomic E-state index is 0.0590. The van der Waals surface area contributed by atoms with E-state index >= 15 is 0 Å². The molecule has 1 saturated heterocycles. The Kier molecular flexibility index (Phi) is 6.46. The van der Waals surface area contributed by atoms with Gasteiger partial charge >= 0.3 is 12.0 Å². The molecule has 1 aliphatic carbocycles. The third-order valence-corrected chi connectivity index (χ3v) is 6.29. The van der Waals surface area contributed by atoms with Crippen LogP contribution in [0.2, 0.25) is 0 Å². The molecule has 0 radical (unpaired) electrons. The van der Waals surface area contributed by atoms with Gasteiger partial charge in [0.2, 0.25) is 0 Å². The molecule has 1 spiro atoms. The van der Waals surface area contributed by atoms with Gasteiger partial charge in [-0.1, -0.05) is 37.0 Å². The third kappa shape index (κ3) is 4.90. The highest BCUT2D eigenvalue weighted by Gasteiger charge is 2.52. The second-order valence-electron chi connectivity index (χ2n) is 7.47. The number of hydrogen-bond donors (Lipinski definition) is 2. The normalized spacial score (nSPS) is 17.9. The van der Waals surface area contributed by atoms with Crippen molar-refractivity contribution < 1.29 is 23.9 Å². The average Bonchev–Trinajstić information content (AvgIpc) is 2.90. The number of imide groups is 1. The molecule has 0 atom stereocenters. The van der Waals surface area contributed by atoms with E-state index in [2.05, 4.69) is 10.7 Å². The van der Waals surface area contributed by atoms with Crippen LogP contribution in [0.1, 0.15) is 43.2 Å². The van der Waals surface area contributed by atoms with E-state index in [1.54, 1.807) is 0 Å². The van der Waals surface area contributed by atoms with Crippen LogP contribution in [0.25, 0.3) is 0 Å². The number of benzene rings is 1. The lowest BCUT2D eigenvalue weighted by Gasteiger charge is -2.30. The van der Waals surface area contributed by atoms with Crippen molar-refractivity contribution in [3.05, 3.63) is 29.3 Å². The largest absolute Gasteiger partial charge is 0.455 e. The molecule has 1 heterocycles. The number of carbonyl (C=O) groups excluding carboxylic acids is 4. The molecule has 156 valence electrons. The summed E-state index contributed by atoms with van der Waals surface area (Å²) in [5, 5.41) is 3.40. The maximum absolute atomic E-state index is 12.6. The molecule has 0 bridgehead atoms. The van der Waals surface area contributed by atoms with Gasteiger partial charge < -0.3 is 10.1 Å². The Labute approximate surface area is 173 Å². The molecular formula is C20H25N3O5S. The molecule has 0 unspecified atom stereocenters. The summed E-state index contributed by atoms with van der Waals surface area (Å²) in [7, 11) is 0. The van der Waals surface area contributed by atoms with Crippen molar-refractivity contribution >= 4 is 35.6 Å². The number of amides is 4. The number of esters is 1. The van der Waals surface area contributed by atoms with Crippen LogP contribution in [0.4, 0.5) is 4.79 Å². The predicted octanol–water partition coefficient (Wildman–Crippen LogP) is 2.22. The summed E-state index contributed by atoms with van der Waals surface area (Å²) in [6.07, 6.45) is 3.85. The average molecular weight is 420 g/mol. The number of ether oxygens (including phenoxy) is 1. The minimum Gasteiger partial charge on any atom is -0.455 e. The van der Waals surface area contributed by atoms with Gasteiger partial charge in [-0.05, 0) is 38.3 Å². The lowest BCUT2D eigenvalue weighted by Crippen LogP contribution is -2.51. The highest BCUT2D eigenvalue weighted by atomic mass is 32.2. The number of thioether (sulfide) groups is 1. The van der Waals surface area contributed by atoms with E-state index < -0.39 is 36.0 Å². The van der Waals surface area contributed by atoms with Crippen LogP contribution >= 0.6 is 11.8 Å². The molecule has 0 aromatic heterocycles. The number of aryl methyl sites for hydroxylation is 2. The fourth-order valence-corrected chi connectivity index (χ4v) is 4.47. The Morgan fingerprint density at radius 3 is 2.62 bits per heavy atom. The summed E-state index contributed by atoms with van der Waals surface area (Å²) in [5.74, 6) is -1.67. The van der Waals surface area contributed by atoms with E-state index in [9.17, 15) is 19.2 Å². The zero-order chi connectivity index (χ0) is 21.0. The number of carbonyl (C=O) groups is 4. The molecule has 29 heavy (non-hydrogen) atoms. The molecule has 2 fully saturated rings. The van der Waals surface area contributed by atoms with Crippen LogP contribution in [0.15, 0.2) is 23.1 Å². The number of rotatable bonds is 6. The van der Waals surface area contributed by atoms with Gasteiger partial charge in [-0.25, -0.2) is 4.79 Å². The van der Waals surface area contributed by atoms with E-state index in [-0.39, 0.29) is 5.75 Å². The number of hydrazine groups is 1. The van der Waals surface area contributed by atoms with Gasteiger partial charge in [-0.2, -0.15) is 5.01 Å². The standard InChI is InChI=1S/C20H25N3O5S/c1-13-6-7-15(14(2)10-13)29-12-17(25)28-11-16(24)22-23-18(26)20(21-19(23)27)8-4-3-5-9-20/h6-7,10H,3-5,8-9,11-12H2,1-2H3,(H,21,27)(H,22,24). The quantitative estimate of drug-likeness (QED) is 0.416. The summed E-state index contributed by atoms with van der Waals surface area (Å²) in [6, 6.07) is 5.28. The molecule has 3 rings (SSSR count). The zero-order valence-electron chi connectivity index (χ0n) is 16.6. The van der Waals surface area contributed by atoms with E-state index in [0.717, 1.165) is 35.3 Å². The van der Waals surface area contributed by atoms with E-state index in [1.165, 1.54) is 11.8 Å². The fraction of sp³-hybridized carbons (Fsp3) is 0.500. The first-order valence-electron chi connectivity index (χ1n) is 9.63. The lowest BCUT2D eigenvalue weighted by atomic mass is 9.82. The second-order valence-corrected chi connectivity index (χ2v) is 8.48. The summed E-state index contributed by atoms with van der Waals surface area (Å²) < 4.78 is 4.97. The summed E-state index contributed by atoms with van der Waals surface area (Å²) in [6.45, 7) is 3.40. The molecule has 1 aliphatic heterocycles. The molecule has 4 amide bonds. The van der Waals surface area contributed by atoms with Crippen LogP contribution in [-0.2, 0) is 19.1 Å². The zero-order valence-corrected chi connectivity index (χ0v) is 17.4. The van der Waals surface area contributed by atoms with Gasteiger partial charge in [0.05, 0.1) is 5.75 Å². The molecule has 2 aliphatic rings. The first kappa shape index (κ1) is 21.2. The van der Waals surface area contributed by atoms with Crippen LogP contribution in [0.5, 0.6) is 0 Å². The van der Waals surface area contributed by atoms with Crippen molar-refractivity contribution in [2.45, 2.75) is 56.4 Å². The number of urea groups is 1. The molecule has 1 saturated carbocycles. The Morgan fingerprint density at radius 2 is 1.93 bits per heavy atom. The smallest absolute Gasteiger partial charge is 0.344 e. The number of nitrogens with zero attached hydrogens (tertiary/aromatic N) is 1. The number of hydrogen-bond acceptors (Lipinski definition) is 6. The summed E-state index contributed by atoms with van der Waals surface area (Å²) in [4.78, 5) is 49.7. The van der Waals surface area contributed by atoms with Gasteiger partial charge in [-0.15, -0.1) is 11.8 Å². The highest BCUT2D eigenvalue weighted by Crippen LogP contribution is 2.33. The van der Waals surface area contributed by atoms with Crippen LogP contribution in [-0.4, -0.2) is 46.7 Å². The summed E-state index contributed by atoms with van der Waals surface area (Å²) in [5.41, 5.74) is 3.53. The van der Waals surface area contributed by atoms with Crippen LogP contribution in [0.3, 0.4) is 0 Å². The topological polar surface area (TPSA) is 105 Å². The molecular weight excluding hydrogens is 394 g/mol. The first-order valence-corrected chi connectivity index (χ1v) is 10.6. The van der Waals surface area contributed by atoms with Gasteiger partial charge in [0.1, 0.15) is 5.54 Å². The highest BCUT2D eigenvalue weighted by molar-refractivity contribution is 8.00. The van der Waals surface area contributed by atoms with E-state index in [0.29, 0.717) is 17.9 Å². The van der Waals surface area contributed by atoms with Crippen molar-refractivity contribution in [2.24, 2.45) is 0 Å². The first-order chi connectivity index (χ1) is 13.8. The molecule has 1 aromatic rings. The maximum atomic E-state index is 12.6. The Morgan fingerprint density at radius 1 is 1.21 bits per heavy atom. The van der Waals surface area contributed by atoms with Gasteiger partial charge in [-0.3, -0.25) is 19.8 Å². The molecule has 1 aromatic carbocycles. The fourth-order valence-electron chi connectivity index (χ4n) is 3.66. The second kappa shape index (κ2) is 8.86.